The van der Waals surface area contributed by atoms with Crippen molar-refractivity contribution in [3.05, 3.63) is 12.4 Å². The fourth-order valence-corrected chi connectivity index (χ4v) is 1.31. The largest absolute Gasteiger partial charge is 0.480 e. The Morgan fingerprint density at radius 1 is 1.47 bits per heavy atom. The monoisotopic (exact) mass is 240 g/mol. The van der Waals surface area contributed by atoms with Gasteiger partial charge in [-0.25, -0.2) is 9.59 Å². The molecule has 0 saturated heterocycles. The van der Waals surface area contributed by atoms with Crippen molar-refractivity contribution < 1.29 is 14.7 Å². The van der Waals surface area contributed by atoms with Gasteiger partial charge in [0.1, 0.15) is 6.04 Å². The first-order chi connectivity index (χ1) is 7.90. The van der Waals surface area contributed by atoms with Crippen LogP contribution in [0.4, 0.5) is 10.5 Å². The normalized spacial score (nSPS) is 12.2. The number of carboxylic acid groups (broad SMARTS) is 1. The van der Waals surface area contributed by atoms with Gasteiger partial charge in [0.05, 0.1) is 11.9 Å². The molecular formula is C10H16N4O3. The number of hydrogen-bond donors (Lipinski definition) is 3. The summed E-state index contributed by atoms with van der Waals surface area (Å²) in [5, 5.41) is 17.7. The van der Waals surface area contributed by atoms with Gasteiger partial charge in [-0.05, 0) is 5.92 Å². The Bertz CT molecular complexity index is 413. The molecule has 1 rings (SSSR count). The van der Waals surface area contributed by atoms with Crippen molar-refractivity contribution in [2.24, 2.45) is 13.0 Å². The summed E-state index contributed by atoms with van der Waals surface area (Å²) in [4.78, 5) is 22.4. The Labute approximate surface area is 98.8 Å². The van der Waals surface area contributed by atoms with Crippen molar-refractivity contribution in [1.29, 1.82) is 0 Å². The highest BCUT2D eigenvalue weighted by molar-refractivity contribution is 5.92. The number of carbonyl (C=O) groups is 2. The minimum absolute atomic E-state index is 0.188. The Morgan fingerprint density at radius 3 is 2.53 bits per heavy atom. The molecule has 3 N–H and O–H groups in total. The van der Waals surface area contributed by atoms with E-state index in [1.165, 1.54) is 10.9 Å². The van der Waals surface area contributed by atoms with E-state index in [1.807, 2.05) is 0 Å². The van der Waals surface area contributed by atoms with Crippen molar-refractivity contribution in [2.75, 3.05) is 5.32 Å². The Hall–Kier alpha value is -2.05. The number of anilines is 1. The van der Waals surface area contributed by atoms with Crippen LogP contribution in [-0.4, -0.2) is 32.9 Å². The van der Waals surface area contributed by atoms with Gasteiger partial charge in [0.15, 0.2) is 0 Å². The molecule has 0 fully saturated rings. The first-order valence-electron chi connectivity index (χ1n) is 5.19. The molecular weight excluding hydrogens is 224 g/mol. The Kier molecular flexibility index (Phi) is 4.08. The van der Waals surface area contributed by atoms with Crippen LogP contribution < -0.4 is 10.6 Å². The first kappa shape index (κ1) is 13.0. The zero-order valence-corrected chi connectivity index (χ0v) is 9.97. The molecule has 17 heavy (non-hydrogen) atoms. The number of nitrogens with one attached hydrogen (secondary N) is 2. The van der Waals surface area contributed by atoms with E-state index >= 15 is 0 Å². The van der Waals surface area contributed by atoms with E-state index in [4.69, 9.17) is 5.11 Å². The van der Waals surface area contributed by atoms with Crippen molar-refractivity contribution in [3.8, 4) is 0 Å². The third-order valence-electron chi connectivity index (χ3n) is 2.18. The third-order valence-corrected chi connectivity index (χ3v) is 2.18. The number of rotatable bonds is 4. The molecule has 1 atom stereocenters. The summed E-state index contributed by atoms with van der Waals surface area (Å²) in [5.41, 5.74) is 0.512. The summed E-state index contributed by atoms with van der Waals surface area (Å²) in [6, 6.07) is -1.47. The van der Waals surface area contributed by atoms with Crippen LogP contribution in [0.15, 0.2) is 12.4 Å². The summed E-state index contributed by atoms with van der Waals surface area (Å²) in [7, 11) is 1.72. The number of aliphatic carboxylic acids is 1. The van der Waals surface area contributed by atoms with Gasteiger partial charge in [0, 0.05) is 13.2 Å². The SMILES string of the molecule is CC(C)[C@@H](NC(=O)Nc1cnn(C)c1)C(=O)O. The smallest absolute Gasteiger partial charge is 0.326 e. The third kappa shape index (κ3) is 3.78. The number of aryl methyl sites for hydroxylation is 1. The molecule has 0 radical (unpaired) electrons. The zero-order valence-electron chi connectivity index (χ0n) is 9.97. The fraction of sp³-hybridized carbons (Fsp3) is 0.500. The molecule has 0 aliphatic rings. The number of carbonyl (C=O) groups excluding carboxylic acids is 1. The van der Waals surface area contributed by atoms with E-state index in [0.717, 1.165) is 0 Å². The standard InChI is InChI=1S/C10H16N4O3/c1-6(2)8(9(15)16)13-10(17)12-7-4-11-14(3)5-7/h4-6,8H,1-3H3,(H,15,16)(H2,12,13,17)/t8-/m1/s1. The van der Waals surface area contributed by atoms with Crippen molar-refractivity contribution in [2.45, 2.75) is 19.9 Å². The predicted octanol–water partition coefficient (Wildman–Crippen LogP) is 0.651. The molecule has 1 aromatic rings. The van der Waals surface area contributed by atoms with Gasteiger partial charge in [-0.1, -0.05) is 13.8 Å². The van der Waals surface area contributed by atoms with Gasteiger partial charge in [-0.3, -0.25) is 4.68 Å². The van der Waals surface area contributed by atoms with E-state index in [9.17, 15) is 9.59 Å². The Balaban J connectivity index is 2.56. The maximum Gasteiger partial charge on any atom is 0.326 e. The summed E-state index contributed by atoms with van der Waals surface area (Å²) in [6.07, 6.45) is 3.09. The van der Waals surface area contributed by atoms with Gasteiger partial charge in [-0.15, -0.1) is 0 Å². The van der Waals surface area contributed by atoms with E-state index in [1.54, 1.807) is 27.1 Å². The van der Waals surface area contributed by atoms with E-state index in [0.29, 0.717) is 5.69 Å². The quantitative estimate of drug-likeness (QED) is 0.720. The lowest BCUT2D eigenvalue weighted by Gasteiger charge is -2.17. The van der Waals surface area contributed by atoms with E-state index < -0.39 is 18.0 Å². The van der Waals surface area contributed by atoms with Crippen LogP contribution in [0.2, 0.25) is 0 Å². The molecule has 1 aromatic heterocycles. The molecule has 0 saturated carbocycles. The molecule has 0 bridgehead atoms. The summed E-state index contributed by atoms with van der Waals surface area (Å²) < 4.78 is 1.53. The van der Waals surface area contributed by atoms with Crippen molar-refractivity contribution in [1.82, 2.24) is 15.1 Å². The van der Waals surface area contributed by atoms with Crippen LogP contribution in [0.25, 0.3) is 0 Å². The highest BCUT2D eigenvalue weighted by atomic mass is 16.4. The molecule has 0 aromatic carbocycles. The van der Waals surface area contributed by atoms with E-state index in [-0.39, 0.29) is 5.92 Å². The summed E-state index contributed by atoms with van der Waals surface area (Å²) in [6.45, 7) is 3.45. The fourth-order valence-electron chi connectivity index (χ4n) is 1.31. The lowest BCUT2D eigenvalue weighted by atomic mass is 10.1. The summed E-state index contributed by atoms with van der Waals surface area (Å²) in [5.74, 6) is -1.24. The van der Waals surface area contributed by atoms with Crippen LogP contribution in [0.5, 0.6) is 0 Å². The highest BCUT2D eigenvalue weighted by Crippen LogP contribution is 2.05. The van der Waals surface area contributed by atoms with Gasteiger partial charge in [0.25, 0.3) is 0 Å². The average molecular weight is 240 g/mol. The minimum Gasteiger partial charge on any atom is -0.480 e. The zero-order chi connectivity index (χ0) is 13.0. The van der Waals surface area contributed by atoms with Crippen molar-refractivity contribution in [3.63, 3.8) is 0 Å². The second kappa shape index (κ2) is 5.33. The molecule has 0 aliphatic carbocycles. The first-order valence-corrected chi connectivity index (χ1v) is 5.19. The molecule has 7 nitrogen and oxygen atoms in total. The molecule has 0 unspecified atom stereocenters. The highest BCUT2D eigenvalue weighted by Gasteiger charge is 2.23. The molecule has 7 heteroatoms. The topological polar surface area (TPSA) is 96.3 Å². The van der Waals surface area contributed by atoms with E-state index in [2.05, 4.69) is 15.7 Å². The number of amides is 2. The second-order valence-electron chi connectivity index (χ2n) is 4.06. The second-order valence-corrected chi connectivity index (χ2v) is 4.06. The lowest BCUT2D eigenvalue weighted by molar-refractivity contribution is -0.140. The maximum absolute atomic E-state index is 11.5. The van der Waals surface area contributed by atoms with Crippen molar-refractivity contribution >= 4 is 17.7 Å². The maximum atomic E-state index is 11.5. The molecule has 94 valence electrons. The van der Waals surface area contributed by atoms with Crippen LogP contribution >= 0.6 is 0 Å². The number of nitrogens with zero attached hydrogens (tertiary/aromatic N) is 2. The number of aromatic nitrogens is 2. The number of urea groups is 1. The Morgan fingerprint density at radius 2 is 2.12 bits per heavy atom. The minimum atomic E-state index is -1.05. The molecule has 0 aliphatic heterocycles. The van der Waals surface area contributed by atoms with Crippen LogP contribution in [0, 0.1) is 5.92 Å². The molecule has 0 spiro atoms. The summed E-state index contributed by atoms with van der Waals surface area (Å²) >= 11 is 0. The lowest BCUT2D eigenvalue weighted by Crippen LogP contribution is -2.46. The molecule has 1 heterocycles. The van der Waals surface area contributed by atoms with Crippen LogP contribution in [-0.2, 0) is 11.8 Å². The number of carboxylic acids is 1. The van der Waals surface area contributed by atoms with Gasteiger partial charge in [-0.2, -0.15) is 5.10 Å². The van der Waals surface area contributed by atoms with Gasteiger partial charge in [0.2, 0.25) is 0 Å². The van der Waals surface area contributed by atoms with Gasteiger partial charge < -0.3 is 15.7 Å². The predicted molar refractivity (Wildman–Crippen MR) is 61.6 cm³/mol. The average Bonchev–Trinajstić information content (AvgIpc) is 2.59. The van der Waals surface area contributed by atoms with Crippen LogP contribution in [0.1, 0.15) is 13.8 Å². The van der Waals surface area contributed by atoms with Crippen LogP contribution in [0.3, 0.4) is 0 Å². The van der Waals surface area contributed by atoms with Gasteiger partial charge >= 0.3 is 12.0 Å². The number of hydrogen-bond acceptors (Lipinski definition) is 3. The molecule has 2 amide bonds.